The van der Waals surface area contributed by atoms with Gasteiger partial charge in [0.2, 0.25) is 5.13 Å². The van der Waals surface area contributed by atoms with E-state index in [2.05, 4.69) is 22.4 Å². The van der Waals surface area contributed by atoms with Gasteiger partial charge >= 0.3 is 0 Å². The van der Waals surface area contributed by atoms with Crippen molar-refractivity contribution in [2.45, 2.75) is 32.6 Å². The fraction of sp³-hybridized carbons (Fsp3) is 0.438. The van der Waals surface area contributed by atoms with Crippen molar-refractivity contribution in [1.82, 2.24) is 10.2 Å². The highest BCUT2D eigenvalue weighted by molar-refractivity contribution is 7.15. The van der Waals surface area contributed by atoms with E-state index in [1.54, 1.807) is 25.1 Å². The summed E-state index contributed by atoms with van der Waals surface area (Å²) in [4.78, 5) is 24.8. The third-order valence-electron chi connectivity index (χ3n) is 3.60. The fourth-order valence-electron chi connectivity index (χ4n) is 2.31. The Kier molecular flexibility index (Phi) is 6.40. The predicted octanol–water partition coefficient (Wildman–Crippen LogP) is 3.50. The molecule has 1 aromatic carbocycles. The quantitative estimate of drug-likeness (QED) is 0.437. The van der Waals surface area contributed by atoms with E-state index in [1.165, 1.54) is 23.5 Å². The Morgan fingerprint density at radius 3 is 2.72 bits per heavy atom. The minimum absolute atomic E-state index is 0.131. The summed E-state index contributed by atoms with van der Waals surface area (Å²) < 4.78 is 0. The minimum atomic E-state index is -0.521. The molecule has 8 nitrogen and oxygen atoms in total. The first-order valence-electron chi connectivity index (χ1n) is 8.02. The normalized spacial score (nSPS) is 10.5. The molecule has 2 aromatic rings. The number of carbonyl (C=O) groups is 1. The van der Waals surface area contributed by atoms with E-state index >= 15 is 0 Å². The topological polar surface area (TPSA) is 101 Å². The lowest BCUT2D eigenvalue weighted by molar-refractivity contribution is -0.384. The number of amides is 1. The standard InChI is InChI=1S/C16H21N5O3S/c1-4-5-6-7-14-18-19-16(25-14)17-15(22)12-10-11(21(23)24)8-9-13(12)20(2)3/h8-10H,4-7H2,1-3H3,(H,17,19,22). The van der Waals surface area contributed by atoms with Crippen LogP contribution in [0.4, 0.5) is 16.5 Å². The maximum Gasteiger partial charge on any atom is 0.270 e. The van der Waals surface area contributed by atoms with Gasteiger partial charge in [0.1, 0.15) is 5.01 Å². The molecular weight excluding hydrogens is 342 g/mol. The van der Waals surface area contributed by atoms with E-state index in [4.69, 9.17) is 0 Å². The Morgan fingerprint density at radius 2 is 2.08 bits per heavy atom. The van der Waals surface area contributed by atoms with E-state index in [0.29, 0.717) is 10.8 Å². The van der Waals surface area contributed by atoms with Gasteiger partial charge in [-0.15, -0.1) is 10.2 Å². The summed E-state index contributed by atoms with van der Waals surface area (Å²) in [6.45, 7) is 2.13. The molecule has 0 saturated heterocycles. The van der Waals surface area contributed by atoms with Crippen LogP contribution in [0.25, 0.3) is 0 Å². The monoisotopic (exact) mass is 363 g/mol. The highest BCUT2D eigenvalue weighted by atomic mass is 32.1. The van der Waals surface area contributed by atoms with Crippen molar-refractivity contribution in [3.63, 3.8) is 0 Å². The zero-order valence-corrected chi connectivity index (χ0v) is 15.3. The van der Waals surface area contributed by atoms with E-state index in [9.17, 15) is 14.9 Å². The maximum atomic E-state index is 12.6. The van der Waals surface area contributed by atoms with Crippen molar-refractivity contribution in [1.29, 1.82) is 0 Å². The molecule has 1 amide bonds. The molecule has 1 heterocycles. The number of nitrogens with one attached hydrogen (secondary N) is 1. The number of hydrogen-bond donors (Lipinski definition) is 1. The first-order chi connectivity index (χ1) is 11.9. The summed E-state index contributed by atoms with van der Waals surface area (Å²) in [6.07, 6.45) is 4.12. The second-order valence-electron chi connectivity index (χ2n) is 5.77. The summed E-state index contributed by atoms with van der Waals surface area (Å²) in [5, 5.41) is 23.0. The zero-order chi connectivity index (χ0) is 18.4. The minimum Gasteiger partial charge on any atom is -0.377 e. The molecule has 0 aliphatic rings. The van der Waals surface area contributed by atoms with E-state index in [-0.39, 0.29) is 11.3 Å². The van der Waals surface area contributed by atoms with Crippen LogP contribution in [-0.4, -0.2) is 35.1 Å². The molecule has 1 aromatic heterocycles. The largest absolute Gasteiger partial charge is 0.377 e. The Hall–Kier alpha value is -2.55. The first kappa shape index (κ1) is 18.8. The van der Waals surface area contributed by atoms with Gasteiger partial charge in [0.05, 0.1) is 10.5 Å². The van der Waals surface area contributed by atoms with Crippen LogP contribution in [0.5, 0.6) is 0 Å². The van der Waals surface area contributed by atoms with E-state index < -0.39 is 10.8 Å². The lowest BCUT2D eigenvalue weighted by Crippen LogP contribution is -2.18. The molecule has 1 N–H and O–H groups in total. The van der Waals surface area contributed by atoms with Gasteiger partial charge < -0.3 is 4.90 Å². The first-order valence-corrected chi connectivity index (χ1v) is 8.83. The Morgan fingerprint density at radius 1 is 1.32 bits per heavy atom. The number of nitro benzene ring substituents is 1. The van der Waals surface area contributed by atoms with Crippen LogP contribution in [-0.2, 0) is 6.42 Å². The highest BCUT2D eigenvalue weighted by Crippen LogP contribution is 2.26. The molecule has 134 valence electrons. The Balaban J connectivity index is 2.17. The molecule has 0 spiro atoms. The number of aromatic nitrogens is 2. The molecule has 9 heteroatoms. The number of unbranched alkanes of at least 4 members (excludes halogenated alkanes) is 2. The average Bonchev–Trinajstić information content (AvgIpc) is 3.01. The Bertz CT molecular complexity index is 760. The van der Waals surface area contributed by atoms with Gasteiger partial charge in [-0.05, 0) is 12.5 Å². The van der Waals surface area contributed by atoms with Gasteiger partial charge in [-0.3, -0.25) is 20.2 Å². The lowest BCUT2D eigenvalue weighted by atomic mass is 10.1. The molecule has 25 heavy (non-hydrogen) atoms. The molecule has 2 rings (SSSR count). The van der Waals surface area contributed by atoms with Crippen molar-refractivity contribution in [2.75, 3.05) is 24.3 Å². The van der Waals surface area contributed by atoms with Crippen LogP contribution in [0.1, 0.15) is 41.6 Å². The molecular formula is C16H21N5O3S. The van der Waals surface area contributed by atoms with Crippen molar-refractivity contribution in [3.8, 4) is 0 Å². The average molecular weight is 363 g/mol. The highest BCUT2D eigenvalue weighted by Gasteiger charge is 2.19. The van der Waals surface area contributed by atoms with Gasteiger partial charge in [-0.25, -0.2) is 0 Å². The summed E-state index contributed by atoms with van der Waals surface area (Å²) >= 11 is 1.33. The number of aryl methyl sites for hydroxylation is 1. The maximum absolute atomic E-state index is 12.6. The SMILES string of the molecule is CCCCCc1nnc(NC(=O)c2cc([N+](=O)[O-])ccc2N(C)C)s1. The number of nitro groups is 1. The van der Waals surface area contributed by atoms with Crippen molar-refractivity contribution in [3.05, 3.63) is 38.9 Å². The van der Waals surface area contributed by atoms with Crippen LogP contribution in [0.3, 0.4) is 0 Å². The van der Waals surface area contributed by atoms with Gasteiger partial charge in [-0.2, -0.15) is 0 Å². The zero-order valence-electron chi connectivity index (χ0n) is 14.5. The third kappa shape index (κ3) is 4.96. The van der Waals surface area contributed by atoms with Crippen LogP contribution in [0, 0.1) is 10.1 Å². The fourth-order valence-corrected chi connectivity index (χ4v) is 3.08. The predicted molar refractivity (Wildman–Crippen MR) is 98.5 cm³/mol. The lowest BCUT2D eigenvalue weighted by Gasteiger charge is -2.16. The summed E-state index contributed by atoms with van der Waals surface area (Å²) in [5.74, 6) is -0.441. The van der Waals surface area contributed by atoms with Gasteiger partial charge in [0.25, 0.3) is 11.6 Å². The summed E-state index contributed by atoms with van der Waals surface area (Å²) in [5.41, 5.74) is 0.686. The number of nitrogens with zero attached hydrogens (tertiary/aromatic N) is 4. The van der Waals surface area contributed by atoms with Gasteiger partial charge in [0.15, 0.2) is 0 Å². The molecule has 0 saturated carbocycles. The molecule has 0 atom stereocenters. The number of rotatable bonds is 8. The number of anilines is 2. The number of carbonyl (C=O) groups excluding carboxylic acids is 1. The summed E-state index contributed by atoms with van der Waals surface area (Å²) in [7, 11) is 3.55. The van der Waals surface area contributed by atoms with Crippen LogP contribution in [0.2, 0.25) is 0 Å². The van der Waals surface area contributed by atoms with Gasteiger partial charge in [0, 0.05) is 38.3 Å². The molecule has 0 radical (unpaired) electrons. The third-order valence-corrected chi connectivity index (χ3v) is 4.50. The number of non-ortho nitro benzene ring substituents is 1. The molecule has 0 fully saturated rings. The number of benzene rings is 1. The second-order valence-corrected chi connectivity index (χ2v) is 6.83. The second kappa shape index (κ2) is 8.52. The van der Waals surface area contributed by atoms with Gasteiger partial charge in [-0.1, -0.05) is 31.1 Å². The Labute approximate surface area is 150 Å². The summed E-state index contributed by atoms with van der Waals surface area (Å²) in [6, 6.07) is 4.21. The van der Waals surface area contributed by atoms with Crippen LogP contribution in [0.15, 0.2) is 18.2 Å². The van der Waals surface area contributed by atoms with E-state index in [1.807, 2.05) is 0 Å². The molecule has 0 bridgehead atoms. The number of hydrogen-bond acceptors (Lipinski definition) is 7. The smallest absolute Gasteiger partial charge is 0.270 e. The van der Waals surface area contributed by atoms with Crippen molar-refractivity contribution < 1.29 is 9.72 Å². The molecule has 0 aliphatic heterocycles. The molecule has 0 unspecified atom stereocenters. The van der Waals surface area contributed by atoms with Crippen LogP contribution < -0.4 is 10.2 Å². The van der Waals surface area contributed by atoms with Crippen molar-refractivity contribution >= 4 is 33.8 Å². The van der Waals surface area contributed by atoms with E-state index in [0.717, 1.165) is 30.7 Å². The van der Waals surface area contributed by atoms with Crippen molar-refractivity contribution in [2.24, 2.45) is 0 Å². The molecule has 0 aliphatic carbocycles. The van der Waals surface area contributed by atoms with Crippen LogP contribution >= 0.6 is 11.3 Å².